The maximum absolute atomic E-state index is 9.23. The Morgan fingerprint density at radius 3 is 2.67 bits per heavy atom. The maximum Gasteiger partial charge on any atom is 0.188 e. The lowest BCUT2D eigenvalue weighted by atomic mass is 9.80. The Morgan fingerprint density at radius 1 is 1.40 bits per heavy atom. The summed E-state index contributed by atoms with van der Waals surface area (Å²) in [7, 11) is 0. The number of aliphatic hydroxyl groups excluding tert-OH is 1. The van der Waals surface area contributed by atoms with E-state index in [2.05, 4.69) is 10.3 Å². The highest BCUT2D eigenvalue weighted by Crippen LogP contribution is 2.29. The third kappa shape index (κ3) is 4.08. The van der Waals surface area contributed by atoms with Crippen LogP contribution in [0.1, 0.15) is 32.6 Å². The molecule has 88 valence electrons. The quantitative estimate of drug-likeness (QED) is 0.476. The van der Waals surface area contributed by atoms with Gasteiger partial charge in [0.2, 0.25) is 0 Å². The summed E-state index contributed by atoms with van der Waals surface area (Å²) in [5.74, 6) is 1.47. The van der Waals surface area contributed by atoms with Crippen LogP contribution in [-0.4, -0.2) is 30.8 Å². The number of rotatable bonds is 4. The van der Waals surface area contributed by atoms with Crippen molar-refractivity contribution in [2.24, 2.45) is 22.6 Å². The minimum atomic E-state index is 0.293. The van der Waals surface area contributed by atoms with Crippen molar-refractivity contribution in [3.8, 4) is 0 Å². The van der Waals surface area contributed by atoms with Gasteiger partial charge in [0.1, 0.15) is 0 Å². The van der Waals surface area contributed by atoms with E-state index in [0.29, 0.717) is 24.4 Å². The molecule has 4 heteroatoms. The molecule has 1 aliphatic rings. The molecule has 0 aliphatic heterocycles. The Hall–Kier alpha value is -0.770. The minimum Gasteiger partial charge on any atom is -0.396 e. The fraction of sp³-hybridized carbons (Fsp3) is 0.909. The smallest absolute Gasteiger partial charge is 0.188 e. The van der Waals surface area contributed by atoms with Crippen LogP contribution in [0.4, 0.5) is 0 Å². The van der Waals surface area contributed by atoms with Gasteiger partial charge in [-0.2, -0.15) is 0 Å². The van der Waals surface area contributed by atoms with Crippen LogP contribution in [-0.2, 0) is 0 Å². The number of nitrogens with two attached hydrogens (primary N) is 1. The van der Waals surface area contributed by atoms with Crippen LogP contribution >= 0.6 is 0 Å². The van der Waals surface area contributed by atoms with Gasteiger partial charge in [-0.05, 0) is 31.6 Å². The molecule has 1 aliphatic carbocycles. The van der Waals surface area contributed by atoms with Crippen molar-refractivity contribution in [1.82, 2.24) is 5.32 Å². The van der Waals surface area contributed by atoms with Crippen LogP contribution in [0.15, 0.2) is 4.99 Å². The molecule has 0 aromatic rings. The number of nitrogens with zero attached hydrogens (tertiary/aromatic N) is 1. The maximum atomic E-state index is 9.23. The Bertz CT molecular complexity index is 206. The van der Waals surface area contributed by atoms with Gasteiger partial charge in [0.15, 0.2) is 5.96 Å². The van der Waals surface area contributed by atoms with Gasteiger partial charge in [0.25, 0.3) is 0 Å². The summed E-state index contributed by atoms with van der Waals surface area (Å²) in [6.45, 7) is 3.86. The fourth-order valence-electron chi connectivity index (χ4n) is 2.22. The zero-order valence-electron chi connectivity index (χ0n) is 9.58. The van der Waals surface area contributed by atoms with Gasteiger partial charge in [-0.25, -0.2) is 0 Å². The standard InChI is InChI=1S/C11H23N3O/c1-2-13-11(12)14-7-9-5-3-4-6-10(9)8-15/h9-10,15H,2-8H2,1H3,(H3,12,13,14). The molecule has 0 aromatic carbocycles. The van der Waals surface area contributed by atoms with E-state index in [4.69, 9.17) is 5.73 Å². The molecule has 4 nitrogen and oxygen atoms in total. The zero-order chi connectivity index (χ0) is 11.1. The molecule has 0 saturated heterocycles. The molecule has 0 spiro atoms. The molecular formula is C11H23N3O. The molecule has 1 rings (SSSR count). The number of hydrogen-bond donors (Lipinski definition) is 3. The van der Waals surface area contributed by atoms with E-state index >= 15 is 0 Å². The third-order valence-corrected chi connectivity index (χ3v) is 3.16. The summed E-state index contributed by atoms with van der Waals surface area (Å²) in [5, 5.41) is 12.2. The number of nitrogens with one attached hydrogen (secondary N) is 1. The van der Waals surface area contributed by atoms with Gasteiger partial charge in [0, 0.05) is 19.7 Å². The predicted molar refractivity (Wildman–Crippen MR) is 62.7 cm³/mol. The predicted octanol–water partition coefficient (Wildman–Crippen LogP) is 0.709. The second-order valence-corrected chi connectivity index (χ2v) is 4.24. The normalized spacial score (nSPS) is 27.7. The molecule has 2 unspecified atom stereocenters. The number of aliphatic hydroxyl groups is 1. The van der Waals surface area contributed by atoms with E-state index < -0.39 is 0 Å². The molecule has 4 N–H and O–H groups in total. The molecule has 0 bridgehead atoms. The van der Waals surface area contributed by atoms with Gasteiger partial charge < -0.3 is 16.2 Å². The second kappa shape index (κ2) is 6.67. The van der Waals surface area contributed by atoms with E-state index in [0.717, 1.165) is 19.5 Å². The van der Waals surface area contributed by atoms with Crippen LogP contribution in [0.5, 0.6) is 0 Å². The highest BCUT2D eigenvalue weighted by atomic mass is 16.3. The van der Waals surface area contributed by atoms with Crippen LogP contribution < -0.4 is 11.1 Å². The molecule has 0 aromatic heterocycles. The molecule has 0 amide bonds. The summed E-state index contributed by atoms with van der Waals surface area (Å²) >= 11 is 0. The van der Waals surface area contributed by atoms with Gasteiger partial charge in [-0.15, -0.1) is 0 Å². The van der Waals surface area contributed by atoms with Gasteiger partial charge in [-0.1, -0.05) is 12.8 Å². The molecule has 15 heavy (non-hydrogen) atoms. The van der Waals surface area contributed by atoms with Crippen molar-refractivity contribution in [1.29, 1.82) is 0 Å². The second-order valence-electron chi connectivity index (χ2n) is 4.24. The van der Waals surface area contributed by atoms with Gasteiger partial charge in [-0.3, -0.25) is 4.99 Å². The van der Waals surface area contributed by atoms with E-state index in [1.54, 1.807) is 0 Å². The average Bonchev–Trinajstić information content (AvgIpc) is 2.27. The van der Waals surface area contributed by atoms with Crippen molar-refractivity contribution in [3.05, 3.63) is 0 Å². The fourth-order valence-corrected chi connectivity index (χ4v) is 2.22. The highest BCUT2D eigenvalue weighted by molar-refractivity contribution is 5.77. The van der Waals surface area contributed by atoms with Crippen LogP contribution in [0.25, 0.3) is 0 Å². The summed E-state index contributed by atoms with van der Waals surface area (Å²) in [6, 6.07) is 0. The number of hydrogen-bond acceptors (Lipinski definition) is 2. The molecule has 0 heterocycles. The first-order valence-electron chi connectivity index (χ1n) is 5.92. The zero-order valence-corrected chi connectivity index (χ0v) is 9.58. The highest BCUT2D eigenvalue weighted by Gasteiger charge is 2.23. The summed E-state index contributed by atoms with van der Waals surface area (Å²) < 4.78 is 0. The van der Waals surface area contributed by atoms with E-state index in [1.807, 2.05) is 6.92 Å². The van der Waals surface area contributed by atoms with Crippen molar-refractivity contribution in [2.45, 2.75) is 32.6 Å². The van der Waals surface area contributed by atoms with Crippen LogP contribution in [0.3, 0.4) is 0 Å². The van der Waals surface area contributed by atoms with Crippen LogP contribution in [0, 0.1) is 11.8 Å². The molecule has 1 saturated carbocycles. The van der Waals surface area contributed by atoms with Gasteiger partial charge >= 0.3 is 0 Å². The van der Waals surface area contributed by atoms with Crippen molar-refractivity contribution in [3.63, 3.8) is 0 Å². The summed E-state index contributed by atoms with van der Waals surface area (Å²) in [6.07, 6.45) is 4.82. The summed E-state index contributed by atoms with van der Waals surface area (Å²) in [5.41, 5.74) is 5.66. The third-order valence-electron chi connectivity index (χ3n) is 3.16. The number of aliphatic imine (C=N–C) groups is 1. The lowest BCUT2D eigenvalue weighted by molar-refractivity contribution is 0.139. The first-order valence-corrected chi connectivity index (χ1v) is 5.92. The van der Waals surface area contributed by atoms with E-state index in [-0.39, 0.29) is 0 Å². The summed E-state index contributed by atoms with van der Waals surface area (Å²) in [4.78, 5) is 4.31. The lowest BCUT2D eigenvalue weighted by Crippen LogP contribution is -2.33. The molecule has 1 fully saturated rings. The first kappa shape index (κ1) is 12.3. The monoisotopic (exact) mass is 213 g/mol. The Morgan fingerprint density at radius 2 is 2.07 bits per heavy atom. The van der Waals surface area contributed by atoms with Crippen molar-refractivity contribution >= 4 is 5.96 Å². The van der Waals surface area contributed by atoms with E-state index in [1.165, 1.54) is 19.3 Å². The number of guanidine groups is 1. The molecular weight excluding hydrogens is 190 g/mol. The Kier molecular flexibility index (Phi) is 5.47. The van der Waals surface area contributed by atoms with E-state index in [9.17, 15) is 5.11 Å². The van der Waals surface area contributed by atoms with Crippen molar-refractivity contribution in [2.75, 3.05) is 19.7 Å². The average molecular weight is 213 g/mol. The Labute approximate surface area is 92.0 Å². The molecule has 0 radical (unpaired) electrons. The van der Waals surface area contributed by atoms with Gasteiger partial charge in [0.05, 0.1) is 0 Å². The SMILES string of the molecule is CCNC(N)=NCC1CCCCC1CO. The molecule has 2 atom stereocenters. The first-order chi connectivity index (χ1) is 7.27. The Balaban J connectivity index is 2.37. The minimum absolute atomic E-state index is 0.293. The van der Waals surface area contributed by atoms with Crippen LogP contribution in [0.2, 0.25) is 0 Å². The van der Waals surface area contributed by atoms with Crippen molar-refractivity contribution < 1.29 is 5.11 Å². The topological polar surface area (TPSA) is 70.6 Å². The lowest BCUT2D eigenvalue weighted by Gasteiger charge is -2.28. The largest absolute Gasteiger partial charge is 0.396 e.